The fraction of sp³-hybridized carbons (Fsp3) is 0.526. The van der Waals surface area contributed by atoms with Crippen molar-refractivity contribution in [2.24, 2.45) is 11.3 Å². The molecule has 0 fully saturated rings. The molecule has 2 heterocycles. The molecule has 0 bridgehead atoms. The Labute approximate surface area is 149 Å². The predicted molar refractivity (Wildman–Crippen MR) is 97.7 cm³/mol. The molecule has 0 saturated carbocycles. The summed E-state index contributed by atoms with van der Waals surface area (Å²) in [5.41, 5.74) is 0.953. The molecule has 2 aromatic rings. The second-order valence-corrected chi connectivity index (χ2v) is 7.32. The van der Waals surface area contributed by atoms with Crippen molar-refractivity contribution in [3.63, 3.8) is 0 Å². The van der Waals surface area contributed by atoms with E-state index in [9.17, 15) is 9.90 Å². The zero-order valence-electron chi connectivity index (χ0n) is 15.7. The van der Waals surface area contributed by atoms with E-state index in [0.717, 1.165) is 5.69 Å². The average Bonchev–Trinajstić information content (AvgIpc) is 3.03. The van der Waals surface area contributed by atoms with Crippen LogP contribution in [0.4, 0.5) is 0 Å². The number of aliphatic hydroxyl groups is 1. The minimum atomic E-state index is -0.491. The van der Waals surface area contributed by atoms with Gasteiger partial charge >= 0.3 is 0 Å². The molecule has 1 unspecified atom stereocenters. The van der Waals surface area contributed by atoms with Crippen molar-refractivity contribution in [2.45, 2.75) is 47.1 Å². The first-order valence-electron chi connectivity index (χ1n) is 8.72. The molecule has 6 heteroatoms. The first kappa shape index (κ1) is 19.1. The highest BCUT2D eigenvalue weighted by Gasteiger charge is 2.31. The molecule has 0 radical (unpaired) electrons. The molecule has 0 aromatic carbocycles. The number of hydrogen-bond acceptors (Lipinski definition) is 4. The van der Waals surface area contributed by atoms with Crippen LogP contribution in [0.15, 0.2) is 30.6 Å². The van der Waals surface area contributed by atoms with Crippen molar-refractivity contribution < 1.29 is 9.90 Å². The largest absolute Gasteiger partial charge is 0.392 e. The molecule has 2 aromatic heterocycles. The van der Waals surface area contributed by atoms with E-state index >= 15 is 0 Å². The standard InChI is InChI=1S/C19H28N4O2/c1-6-15-14(11-22-23(15)16-9-7-8-10-20-16)18(25)21-12-19(4,5)17(24)13(2)3/h7-11,13,17,24H,6,12H2,1-5H3,(H,21,25). The number of carbonyl (C=O) groups is 1. The maximum Gasteiger partial charge on any atom is 0.254 e. The Bertz CT molecular complexity index is 707. The van der Waals surface area contributed by atoms with Gasteiger partial charge in [0.05, 0.1) is 23.6 Å². The van der Waals surface area contributed by atoms with Crippen LogP contribution in [0.3, 0.4) is 0 Å². The van der Waals surface area contributed by atoms with Gasteiger partial charge in [0.25, 0.3) is 5.91 Å². The Kier molecular flexibility index (Phi) is 5.95. The van der Waals surface area contributed by atoms with Crippen molar-refractivity contribution >= 4 is 5.91 Å². The van der Waals surface area contributed by atoms with Gasteiger partial charge in [0.2, 0.25) is 0 Å². The van der Waals surface area contributed by atoms with Crippen LogP contribution in [-0.2, 0) is 6.42 Å². The minimum absolute atomic E-state index is 0.130. The van der Waals surface area contributed by atoms with E-state index in [1.165, 1.54) is 0 Å². The summed E-state index contributed by atoms with van der Waals surface area (Å²) < 4.78 is 1.70. The number of hydrogen-bond donors (Lipinski definition) is 2. The van der Waals surface area contributed by atoms with Crippen molar-refractivity contribution in [2.75, 3.05) is 6.54 Å². The first-order chi connectivity index (χ1) is 11.8. The number of carbonyl (C=O) groups excluding carboxylic acids is 1. The quantitative estimate of drug-likeness (QED) is 0.809. The van der Waals surface area contributed by atoms with Crippen molar-refractivity contribution in [3.8, 4) is 5.82 Å². The Balaban J connectivity index is 2.17. The molecular weight excluding hydrogens is 316 g/mol. The minimum Gasteiger partial charge on any atom is -0.392 e. The molecule has 1 atom stereocenters. The third kappa shape index (κ3) is 4.25. The van der Waals surface area contributed by atoms with E-state index in [-0.39, 0.29) is 11.8 Å². The molecule has 0 spiro atoms. The monoisotopic (exact) mass is 344 g/mol. The molecule has 2 rings (SSSR count). The second-order valence-electron chi connectivity index (χ2n) is 7.32. The molecule has 1 amide bonds. The van der Waals surface area contributed by atoms with Gasteiger partial charge in [0.1, 0.15) is 0 Å². The number of amides is 1. The topological polar surface area (TPSA) is 80.0 Å². The van der Waals surface area contributed by atoms with E-state index < -0.39 is 11.5 Å². The molecule has 6 nitrogen and oxygen atoms in total. The lowest BCUT2D eigenvalue weighted by atomic mass is 9.80. The summed E-state index contributed by atoms with van der Waals surface area (Å²) in [7, 11) is 0. The lowest BCUT2D eigenvalue weighted by Crippen LogP contribution is -2.43. The summed E-state index contributed by atoms with van der Waals surface area (Å²) in [4.78, 5) is 16.9. The Morgan fingerprint density at radius 2 is 2.08 bits per heavy atom. The number of pyridine rings is 1. The van der Waals surface area contributed by atoms with Crippen molar-refractivity contribution in [3.05, 3.63) is 41.9 Å². The van der Waals surface area contributed by atoms with Gasteiger partial charge in [-0.3, -0.25) is 4.79 Å². The van der Waals surface area contributed by atoms with Crippen LogP contribution < -0.4 is 5.32 Å². The Morgan fingerprint density at radius 3 is 2.64 bits per heavy atom. The molecule has 0 aliphatic carbocycles. The van der Waals surface area contributed by atoms with E-state index in [1.54, 1.807) is 17.1 Å². The Morgan fingerprint density at radius 1 is 1.36 bits per heavy atom. The third-order valence-electron chi connectivity index (χ3n) is 4.45. The van der Waals surface area contributed by atoms with Crippen LogP contribution in [0.25, 0.3) is 5.82 Å². The predicted octanol–water partition coefficient (Wildman–Crippen LogP) is 2.60. The lowest BCUT2D eigenvalue weighted by molar-refractivity contribution is 0.0138. The maximum atomic E-state index is 12.6. The number of aromatic nitrogens is 3. The highest BCUT2D eigenvalue weighted by atomic mass is 16.3. The number of rotatable bonds is 7. The van der Waals surface area contributed by atoms with Crippen molar-refractivity contribution in [1.82, 2.24) is 20.1 Å². The van der Waals surface area contributed by atoms with Crippen LogP contribution in [0, 0.1) is 11.3 Å². The SMILES string of the molecule is CCc1c(C(=O)NCC(C)(C)C(O)C(C)C)cnn1-c1ccccn1. The fourth-order valence-electron chi connectivity index (χ4n) is 2.99. The van der Waals surface area contributed by atoms with E-state index in [0.29, 0.717) is 24.3 Å². The normalized spacial score (nSPS) is 13.1. The highest BCUT2D eigenvalue weighted by molar-refractivity contribution is 5.95. The second kappa shape index (κ2) is 7.78. The molecule has 25 heavy (non-hydrogen) atoms. The summed E-state index contributed by atoms with van der Waals surface area (Å²) in [6, 6.07) is 5.59. The molecular formula is C19H28N4O2. The molecule has 136 valence electrons. The number of nitrogens with zero attached hydrogens (tertiary/aromatic N) is 3. The summed E-state index contributed by atoms with van der Waals surface area (Å²) in [6.45, 7) is 10.2. The van der Waals surface area contributed by atoms with Crippen molar-refractivity contribution in [1.29, 1.82) is 0 Å². The summed E-state index contributed by atoms with van der Waals surface area (Å²) in [5, 5.41) is 17.6. The Hall–Kier alpha value is -2.21. The van der Waals surface area contributed by atoms with Gasteiger partial charge in [-0.05, 0) is 24.5 Å². The summed E-state index contributed by atoms with van der Waals surface area (Å²) in [6.07, 6.45) is 3.45. The molecule has 0 aliphatic rings. The first-order valence-corrected chi connectivity index (χ1v) is 8.72. The summed E-state index contributed by atoms with van der Waals surface area (Å²) >= 11 is 0. The zero-order valence-corrected chi connectivity index (χ0v) is 15.7. The zero-order chi connectivity index (χ0) is 18.6. The van der Waals surface area contributed by atoms with Crippen LogP contribution in [0.5, 0.6) is 0 Å². The molecule has 0 aliphatic heterocycles. The summed E-state index contributed by atoms with van der Waals surface area (Å²) in [5.74, 6) is 0.641. The van der Waals surface area contributed by atoms with Gasteiger partial charge in [-0.1, -0.05) is 40.7 Å². The van der Waals surface area contributed by atoms with E-state index in [1.807, 2.05) is 52.8 Å². The van der Waals surface area contributed by atoms with Gasteiger partial charge in [0.15, 0.2) is 5.82 Å². The van der Waals surface area contributed by atoms with Gasteiger partial charge < -0.3 is 10.4 Å². The smallest absolute Gasteiger partial charge is 0.254 e. The van der Waals surface area contributed by atoms with Gasteiger partial charge in [-0.2, -0.15) is 5.10 Å². The fourth-order valence-corrected chi connectivity index (χ4v) is 2.99. The van der Waals surface area contributed by atoms with Crippen LogP contribution in [-0.4, -0.2) is 38.4 Å². The number of nitrogens with one attached hydrogen (secondary N) is 1. The number of aliphatic hydroxyl groups excluding tert-OH is 1. The van der Waals surface area contributed by atoms with Gasteiger partial charge in [-0.25, -0.2) is 9.67 Å². The van der Waals surface area contributed by atoms with Crippen LogP contribution in [0.1, 0.15) is 50.7 Å². The third-order valence-corrected chi connectivity index (χ3v) is 4.45. The maximum absolute atomic E-state index is 12.6. The highest BCUT2D eigenvalue weighted by Crippen LogP contribution is 2.25. The lowest BCUT2D eigenvalue weighted by Gasteiger charge is -2.33. The van der Waals surface area contributed by atoms with E-state index in [2.05, 4.69) is 15.4 Å². The van der Waals surface area contributed by atoms with Gasteiger partial charge in [-0.15, -0.1) is 0 Å². The molecule has 2 N–H and O–H groups in total. The molecule has 0 saturated heterocycles. The van der Waals surface area contributed by atoms with Crippen LogP contribution >= 0.6 is 0 Å². The average molecular weight is 344 g/mol. The van der Waals surface area contributed by atoms with E-state index in [4.69, 9.17) is 0 Å². The van der Waals surface area contributed by atoms with Crippen LogP contribution in [0.2, 0.25) is 0 Å². The van der Waals surface area contributed by atoms with Gasteiger partial charge in [0, 0.05) is 18.2 Å².